The number of ether oxygens (including phenoxy) is 4. The van der Waals surface area contributed by atoms with Gasteiger partial charge in [-0.05, 0) is 116 Å². The lowest BCUT2D eigenvalue weighted by Crippen LogP contribution is -2.30. The van der Waals surface area contributed by atoms with Crippen LogP contribution in [0.5, 0.6) is 0 Å². The molecule has 19 heteroatoms. The standard InChI is InChI=1S/C81H142O17P2/c1-5-9-13-17-21-25-29-33-36-37-40-44-48-52-56-60-64-68-81(86)98-77(72-92-79(84)66-62-58-54-50-46-43-39-35-31-27-23-19-15-11-7-3)74-96-100(89,90)94-70-75(82)69-93-99(87,88)95-73-76(97-80(85)67-63-59-55-51-47-41-32-28-24-20-16-12-8-4)71-91-78(83)65-61-57-53-49-45-42-38-34-30-26-22-18-14-10-6-2/h21,25-27,30-31,33-36,38-40,44,52,56,75-77,82H,5-20,22-24,28-29,32,37,41-43,45-51,53-55,57-74H2,1-4H3,(H,87,88)(H,89,90)/b25-21-,30-26-,31-27-,36-33-,38-34-,39-35-,44-40-,56-52-/t75-,76-,77-/m1/s1. The molecule has 17 nitrogen and oxygen atoms in total. The number of aliphatic hydroxyl groups excluding tert-OH is 1. The maximum Gasteiger partial charge on any atom is 0.472 e. The van der Waals surface area contributed by atoms with Gasteiger partial charge in [0.2, 0.25) is 0 Å². The van der Waals surface area contributed by atoms with Crippen LogP contribution in [0.4, 0.5) is 0 Å². The number of allylic oxidation sites excluding steroid dienone is 16. The molecule has 0 aliphatic carbocycles. The minimum absolute atomic E-state index is 0.0158. The van der Waals surface area contributed by atoms with Crippen molar-refractivity contribution in [1.29, 1.82) is 0 Å². The largest absolute Gasteiger partial charge is 0.472 e. The number of phosphoric ester groups is 2. The number of esters is 4. The summed E-state index contributed by atoms with van der Waals surface area (Å²) >= 11 is 0. The zero-order chi connectivity index (χ0) is 73.2. The van der Waals surface area contributed by atoms with Gasteiger partial charge < -0.3 is 33.8 Å². The van der Waals surface area contributed by atoms with Crippen LogP contribution in [-0.4, -0.2) is 96.7 Å². The summed E-state index contributed by atoms with van der Waals surface area (Å²) in [6.45, 7) is 4.74. The number of phosphoric acid groups is 2. The number of carbonyl (C=O) groups is 4. The quantitative estimate of drug-likeness (QED) is 0.0128. The van der Waals surface area contributed by atoms with Gasteiger partial charge in [0.1, 0.15) is 19.3 Å². The Morgan fingerprint density at radius 2 is 0.530 bits per heavy atom. The Labute approximate surface area is 607 Å². The van der Waals surface area contributed by atoms with Crippen LogP contribution in [0.25, 0.3) is 0 Å². The Hall–Kier alpha value is -4.02. The summed E-state index contributed by atoms with van der Waals surface area (Å²) in [5.41, 5.74) is 0. The molecule has 0 heterocycles. The molecule has 2 unspecified atom stereocenters. The summed E-state index contributed by atoms with van der Waals surface area (Å²) in [6.07, 6.45) is 76.8. The number of carbonyl (C=O) groups excluding carboxylic acids is 4. The van der Waals surface area contributed by atoms with Crippen LogP contribution in [0.1, 0.15) is 336 Å². The highest BCUT2D eigenvalue weighted by molar-refractivity contribution is 7.47. The smallest absolute Gasteiger partial charge is 0.462 e. The van der Waals surface area contributed by atoms with E-state index in [1.165, 1.54) is 122 Å². The third-order valence-electron chi connectivity index (χ3n) is 16.6. The Kier molecular flexibility index (Phi) is 70.4. The van der Waals surface area contributed by atoms with Crippen molar-refractivity contribution in [2.24, 2.45) is 0 Å². The molecule has 0 bridgehead atoms. The van der Waals surface area contributed by atoms with Crippen LogP contribution in [0.2, 0.25) is 0 Å². The molecule has 0 rings (SSSR count). The van der Waals surface area contributed by atoms with Crippen LogP contribution in [0, 0.1) is 0 Å². The van der Waals surface area contributed by atoms with Gasteiger partial charge in [-0.1, -0.05) is 292 Å². The SMILES string of the molecule is CCCCC/C=C\C/C=C\C/C=C\C/C=C\CCCC(=O)O[C@H](COC(=O)CCCCCCC/C=C\C=C/CCCCCC)COP(=O)(O)OC[C@H](O)COP(=O)(O)OC[C@@H](COC(=O)CCCCCCC/C=C\C=C/CCCCCC)OC(=O)CCCCCCCCCCCCCCC. The van der Waals surface area contributed by atoms with E-state index in [0.717, 1.165) is 128 Å². The van der Waals surface area contributed by atoms with Gasteiger partial charge in [0.15, 0.2) is 12.2 Å². The molecule has 0 spiro atoms. The molecule has 0 saturated carbocycles. The Balaban J connectivity index is 5.42. The monoisotopic (exact) mass is 1450 g/mol. The fourth-order valence-electron chi connectivity index (χ4n) is 10.5. The third kappa shape index (κ3) is 72.3. The van der Waals surface area contributed by atoms with Gasteiger partial charge in [-0.2, -0.15) is 0 Å². The molecule has 0 aliphatic rings. The molecule has 0 amide bonds. The van der Waals surface area contributed by atoms with E-state index in [-0.39, 0.29) is 25.7 Å². The first kappa shape index (κ1) is 96.0. The summed E-state index contributed by atoms with van der Waals surface area (Å²) < 4.78 is 68.5. The van der Waals surface area contributed by atoms with Crippen LogP contribution in [0.3, 0.4) is 0 Å². The third-order valence-corrected chi connectivity index (χ3v) is 18.5. The van der Waals surface area contributed by atoms with Gasteiger partial charge in [-0.3, -0.25) is 37.3 Å². The second-order valence-corrected chi connectivity index (χ2v) is 29.3. The number of unbranched alkanes of at least 4 members (excludes halogenated alkanes) is 34. The van der Waals surface area contributed by atoms with Gasteiger partial charge in [0.25, 0.3) is 0 Å². The van der Waals surface area contributed by atoms with E-state index in [2.05, 4.69) is 113 Å². The Morgan fingerprint density at radius 3 is 0.880 bits per heavy atom. The summed E-state index contributed by atoms with van der Waals surface area (Å²) in [5.74, 6) is -2.26. The molecule has 578 valence electrons. The maximum absolute atomic E-state index is 13.1. The first-order valence-corrected chi connectivity index (χ1v) is 42.5. The van der Waals surface area contributed by atoms with E-state index in [4.69, 9.17) is 37.0 Å². The average Bonchev–Trinajstić information content (AvgIpc) is 0.962. The van der Waals surface area contributed by atoms with Crippen molar-refractivity contribution < 1.29 is 80.2 Å². The molecule has 5 atom stereocenters. The van der Waals surface area contributed by atoms with Crippen LogP contribution in [0.15, 0.2) is 97.2 Å². The van der Waals surface area contributed by atoms with Crippen molar-refractivity contribution in [3.05, 3.63) is 97.2 Å². The lowest BCUT2D eigenvalue weighted by molar-refractivity contribution is -0.161. The molecule has 0 aromatic heterocycles. The summed E-state index contributed by atoms with van der Waals surface area (Å²) in [7, 11) is -9.97. The van der Waals surface area contributed by atoms with Gasteiger partial charge in [0.05, 0.1) is 26.4 Å². The van der Waals surface area contributed by atoms with Crippen LogP contribution >= 0.6 is 15.6 Å². The minimum atomic E-state index is -4.99. The predicted molar refractivity (Wildman–Crippen MR) is 409 cm³/mol. The Morgan fingerprint density at radius 1 is 0.290 bits per heavy atom. The highest BCUT2D eigenvalue weighted by Gasteiger charge is 2.30. The van der Waals surface area contributed by atoms with Crippen LogP contribution in [-0.2, 0) is 65.4 Å². The summed E-state index contributed by atoms with van der Waals surface area (Å²) in [5, 5.41) is 10.6. The molecule has 0 aliphatic heterocycles. The topological polar surface area (TPSA) is 237 Å². The average molecular weight is 1450 g/mol. The second kappa shape index (κ2) is 73.3. The number of hydrogen-bond donors (Lipinski definition) is 3. The fraction of sp³-hybridized carbons (Fsp3) is 0.753. The van der Waals surface area contributed by atoms with E-state index in [9.17, 15) is 43.2 Å². The number of hydrogen-bond acceptors (Lipinski definition) is 15. The van der Waals surface area contributed by atoms with E-state index < -0.39 is 97.5 Å². The van der Waals surface area contributed by atoms with Gasteiger partial charge in [-0.15, -0.1) is 0 Å². The molecule has 0 aromatic carbocycles. The zero-order valence-corrected chi connectivity index (χ0v) is 64.9. The highest BCUT2D eigenvalue weighted by Crippen LogP contribution is 2.45. The second-order valence-electron chi connectivity index (χ2n) is 26.4. The van der Waals surface area contributed by atoms with Crippen molar-refractivity contribution in [1.82, 2.24) is 0 Å². The molecule has 0 fully saturated rings. The van der Waals surface area contributed by atoms with Crippen molar-refractivity contribution in [3.8, 4) is 0 Å². The maximum atomic E-state index is 13.1. The van der Waals surface area contributed by atoms with Crippen molar-refractivity contribution in [3.63, 3.8) is 0 Å². The molecular weight excluding hydrogens is 1310 g/mol. The van der Waals surface area contributed by atoms with E-state index >= 15 is 0 Å². The normalized spacial score (nSPS) is 14.4. The predicted octanol–water partition coefficient (Wildman–Crippen LogP) is 22.8. The van der Waals surface area contributed by atoms with Crippen molar-refractivity contribution in [2.45, 2.75) is 354 Å². The van der Waals surface area contributed by atoms with Crippen molar-refractivity contribution in [2.75, 3.05) is 39.6 Å². The molecule has 0 aromatic rings. The number of rotatable bonds is 74. The summed E-state index contributed by atoms with van der Waals surface area (Å²) in [6, 6.07) is 0. The lowest BCUT2D eigenvalue weighted by atomic mass is 10.0. The lowest BCUT2D eigenvalue weighted by Gasteiger charge is -2.21. The number of aliphatic hydroxyl groups is 1. The van der Waals surface area contributed by atoms with E-state index in [1.807, 2.05) is 12.2 Å². The zero-order valence-electron chi connectivity index (χ0n) is 63.1. The van der Waals surface area contributed by atoms with Gasteiger partial charge >= 0.3 is 39.5 Å². The molecule has 0 radical (unpaired) electrons. The van der Waals surface area contributed by atoms with Crippen molar-refractivity contribution >= 4 is 39.5 Å². The minimum Gasteiger partial charge on any atom is -0.462 e. The molecular formula is C81H142O17P2. The first-order chi connectivity index (χ1) is 48.7. The fourth-order valence-corrected chi connectivity index (χ4v) is 12.1. The van der Waals surface area contributed by atoms with Gasteiger partial charge in [-0.25, -0.2) is 9.13 Å². The summed E-state index contributed by atoms with van der Waals surface area (Å²) in [4.78, 5) is 72.9. The molecule has 0 saturated heterocycles. The van der Waals surface area contributed by atoms with E-state index in [1.54, 1.807) is 0 Å². The van der Waals surface area contributed by atoms with E-state index in [0.29, 0.717) is 32.1 Å². The first-order valence-electron chi connectivity index (χ1n) is 39.5. The molecule has 100 heavy (non-hydrogen) atoms. The van der Waals surface area contributed by atoms with Gasteiger partial charge in [0, 0.05) is 25.7 Å². The molecule has 3 N–H and O–H groups in total. The highest BCUT2D eigenvalue weighted by atomic mass is 31.2. The van der Waals surface area contributed by atoms with Crippen LogP contribution < -0.4 is 0 Å². The Bertz CT molecular complexity index is 2270.